The molecule has 0 N–H and O–H groups in total. The van der Waals surface area contributed by atoms with Crippen LogP contribution in [0.15, 0.2) is 47.6 Å². The van der Waals surface area contributed by atoms with Gasteiger partial charge >= 0.3 is 0 Å². The first kappa shape index (κ1) is 19.0. The van der Waals surface area contributed by atoms with Gasteiger partial charge in [-0.25, -0.2) is 4.39 Å². The van der Waals surface area contributed by atoms with Gasteiger partial charge < -0.3 is 4.90 Å². The maximum Gasteiger partial charge on any atom is 0.233 e. The van der Waals surface area contributed by atoms with E-state index in [2.05, 4.69) is 21.6 Å². The molecule has 1 heterocycles. The molecule has 3 aromatic rings. The molecule has 0 bridgehead atoms. The molecular formula is C19H20FN5OS. The first-order valence-corrected chi connectivity index (χ1v) is 9.40. The highest BCUT2D eigenvalue weighted by atomic mass is 32.2. The Morgan fingerprint density at radius 1 is 1.22 bits per heavy atom. The Balaban J connectivity index is 1.65. The average Bonchev–Trinajstić information content (AvgIpc) is 3.08. The third-order valence-electron chi connectivity index (χ3n) is 4.08. The van der Waals surface area contributed by atoms with Gasteiger partial charge in [-0.1, -0.05) is 41.6 Å². The molecule has 0 saturated carbocycles. The zero-order valence-corrected chi connectivity index (χ0v) is 16.2. The largest absolute Gasteiger partial charge is 0.341 e. The van der Waals surface area contributed by atoms with Crippen LogP contribution >= 0.6 is 11.8 Å². The highest BCUT2D eigenvalue weighted by molar-refractivity contribution is 7.99. The summed E-state index contributed by atoms with van der Waals surface area (Å²) in [7, 11) is 1.70. The van der Waals surface area contributed by atoms with Crippen LogP contribution in [-0.4, -0.2) is 43.8 Å². The summed E-state index contributed by atoms with van der Waals surface area (Å²) < 4.78 is 14.9. The minimum atomic E-state index is -0.310. The lowest BCUT2D eigenvalue weighted by Gasteiger charge is -2.17. The second-order valence-electron chi connectivity index (χ2n) is 6.33. The maximum atomic E-state index is 13.3. The Labute approximate surface area is 161 Å². The van der Waals surface area contributed by atoms with E-state index in [-0.39, 0.29) is 17.5 Å². The van der Waals surface area contributed by atoms with Crippen LogP contribution in [0.1, 0.15) is 16.7 Å². The number of carbonyl (C=O) groups excluding carboxylic acids is 1. The van der Waals surface area contributed by atoms with Gasteiger partial charge in [-0.15, -0.1) is 5.10 Å². The molecule has 2 aromatic carbocycles. The summed E-state index contributed by atoms with van der Waals surface area (Å²) >= 11 is 1.27. The van der Waals surface area contributed by atoms with Gasteiger partial charge in [-0.05, 0) is 53.6 Å². The van der Waals surface area contributed by atoms with Crippen LogP contribution < -0.4 is 0 Å². The molecule has 1 aromatic heterocycles. The third-order valence-corrected chi connectivity index (χ3v) is 4.98. The van der Waals surface area contributed by atoms with Gasteiger partial charge in [-0.3, -0.25) is 4.79 Å². The first-order valence-electron chi connectivity index (χ1n) is 8.41. The molecule has 0 atom stereocenters. The predicted octanol–water partition coefficient (Wildman–Crippen LogP) is 3.17. The molecular weight excluding hydrogens is 365 g/mol. The molecule has 0 fully saturated rings. The summed E-state index contributed by atoms with van der Waals surface area (Å²) in [5, 5.41) is 12.4. The van der Waals surface area contributed by atoms with Gasteiger partial charge in [0.2, 0.25) is 11.1 Å². The van der Waals surface area contributed by atoms with Crippen molar-refractivity contribution in [2.24, 2.45) is 0 Å². The van der Waals surface area contributed by atoms with Crippen LogP contribution in [0, 0.1) is 19.7 Å². The fourth-order valence-electron chi connectivity index (χ4n) is 2.70. The lowest BCUT2D eigenvalue weighted by molar-refractivity contribution is -0.127. The monoisotopic (exact) mass is 385 g/mol. The summed E-state index contributed by atoms with van der Waals surface area (Å²) in [5.41, 5.74) is 3.84. The zero-order valence-electron chi connectivity index (χ0n) is 15.4. The molecule has 1 amide bonds. The maximum absolute atomic E-state index is 13.3. The fraction of sp³-hybridized carbons (Fsp3) is 0.263. The summed E-state index contributed by atoms with van der Waals surface area (Å²) in [4.78, 5) is 14.0. The highest BCUT2D eigenvalue weighted by Crippen LogP contribution is 2.21. The van der Waals surface area contributed by atoms with E-state index in [4.69, 9.17) is 0 Å². The van der Waals surface area contributed by atoms with Crippen LogP contribution in [0.5, 0.6) is 0 Å². The SMILES string of the molecule is Cc1ccc(-n2nnnc2SCC(=O)N(C)Cc2cccc(F)c2)c(C)c1. The van der Waals surface area contributed by atoms with Crippen molar-refractivity contribution in [1.29, 1.82) is 0 Å². The summed E-state index contributed by atoms with van der Waals surface area (Å²) in [6, 6.07) is 12.3. The quantitative estimate of drug-likeness (QED) is 0.610. The Hall–Kier alpha value is -2.74. The fourth-order valence-corrected chi connectivity index (χ4v) is 3.52. The lowest BCUT2D eigenvalue weighted by atomic mass is 10.1. The molecule has 0 aliphatic rings. The molecule has 0 spiro atoms. The molecule has 0 radical (unpaired) electrons. The van der Waals surface area contributed by atoms with E-state index >= 15 is 0 Å². The summed E-state index contributed by atoms with van der Waals surface area (Å²) in [5.74, 6) is -0.202. The number of hydrogen-bond donors (Lipinski definition) is 0. The lowest BCUT2D eigenvalue weighted by Crippen LogP contribution is -2.28. The number of amides is 1. The van der Waals surface area contributed by atoms with Crippen LogP contribution in [-0.2, 0) is 11.3 Å². The van der Waals surface area contributed by atoms with Crippen LogP contribution in [0.4, 0.5) is 4.39 Å². The Kier molecular flexibility index (Phi) is 5.85. The molecule has 0 aliphatic carbocycles. The van der Waals surface area contributed by atoms with E-state index in [0.717, 1.165) is 22.4 Å². The van der Waals surface area contributed by atoms with Gasteiger partial charge in [0, 0.05) is 13.6 Å². The highest BCUT2D eigenvalue weighted by Gasteiger charge is 2.15. The summed E-state index contributed by atoms with van der Waals surface area (Å²) in [6.45, 7) is 4.37. The molecule has 3 rings (SSSR count). The second kappa shape index (κ2) is 8.30. The van der Waals surface area contributed by atoms with Crippen molar-refractivity contribution in [1.82, 2.24) is 25.1 Å². The molecule has 0 aliphatic heterocycles. The normalized spacial score (nSPS) is 10.8. The predicted molar refractivity (Wildman–Crippen MR) is 102 cm³/mol. The smallest absolute Gasteiger partial charge is 0.233 e. The topological polar surface area (TPSA) is 63.9 Å². The molecule has 27 heavy (non-hydrogen) atoms. The van der Waals surface area contributed by atoms with Crippen molar-refractivity contribution in [3.63, 3.8) is 0 Å². The minimum absolute atomic E-state index is 0.0839. The van der Waals surface area contributed by atoms with E-state index < -0.39 is 0 Å². The number of benzene rings is 2. The Morgan fingerprint density at radius 3 is 2.78 bits per heavy atom. The van der Waals surface area contributed by atoms with Crippen molar-refractivity contribution in [2.75, 3.05) is 12.8 Å². The number of tetrazole rings is 1. The average molecular weight is 385 g/mol. The van der Waals surface area contributed by atoms with Crippen molar-refractivity contribution >= 4 is 17.7 Å². The van der Waals surface area contributed by atoms with E-state index in [1.165, 1.54) is 23.9 Å². The van der Waals surface area contributed by atoms with E-state index in [1.807, 2.05) is 26.0 Å². The number of nitrogens with zero attached hydrogens (tertiary/aromatic N) is 5. The number of rotatable bonds is 6. The van der Waals surface area contributed by atoms with Crippen molar-refractivity contribution in [3.05, 3.63) is 65.0 Å². The number of aromatic nitrogens is 4. The van der Waals surface area contributed by atoms with Gasteiger partial charge in [-0.2, -0.15) is 4.68 Å². The Bertz CT molecular complexity index is 959. The standard InChI is InChI=1S/C19H20FN5OS/c1-13-7-8-17(14(2)9-13)25-19(21-22-23-25)27-12-18(26)24(3)11-15-5-4-6-16(20)10-15/h4-10H,11-12H2,1-3H3. The molecule has 140 valence electrons. The number of hydrogen-bond acceptors (Lipinski definition) is 5. The minimum Gasteiger partial charge on any atom is -0.341 e. The first-order chi connectivity index (χ1) is 12.9. The molecule has 0 unspecified atom stereocenters. The van der Waals surface area contributed by atoms with E-state index in [1.54, 1.807) is 28.8 Å². The van der Waals surface area contributed by atoms with Crippen LogP contribution in [0.2, 0.25) is 0 Å². The molecule has 0 saturated heterocycles. The number of aryl methyl sites for hydroxylation is 2. The van der Waals surface area contributed by atoms with E-state index in [0.29, 0.717) is 11.7 Å². The van der Waals surface area contributed by atoms with Crippen LogP contribution in [0.25, 0.3) is 5.69 Å². The van der Waals surface area contributed by atoms with Crippen molar-refractivity contribution in [2.45, 2.75) is 25.5 Å². The van der Waals surface area contributed by atoms with Crippen molar-refractivity contribution < 1.29 is 9.18 Å². The van der Waals surface area contributed by atoms with Gasteiger partial charge in [0.05, 0.1) is 11.4 Å². The number of carbonyl (C=O) groups is 1. The van der Waals surface area contributed by atoms with Gasteiger partial charge in [0.25, 0.3) is 0 Å². The zero-order chi connectivity index (χ0) is 19.4. The molecule has 8 heteroatoms. The second-order valence-corrected chi connectivity index (χ2v) is 7.27. The molecule has 6 nitrogen and oxygen atoms in total. The van der Waals surface area contributed by atoms with Crippen LogP contribution in [0.3, 0.4) is 0 Å². The number of halogens is 1. The van der Waals surface area contributed by atoms with Gasteiger partial charge in [0.1, 0.15) is 5.82 Å². The summed E-state index contributed by atoms with van der Waals surface area (Å²) in [6.07, 6.45) is 0. The third kappa shape index (κ3) is 4.71. The van der Waals surface area contributed by atoms with Crippen molar-refractivity contribution in [3.8, 4) is 5.69 Å². The van der Waals surface area contributed by atoms with Gasteiger partial charge in [0.15, 0.2) is 0 Å². The Morgan fingerprint density at radius 2 is 2.04 bits per heavy atom. The van der Waals surface area contributed by atoms with E-state index in [9.17, 15) is 9.18 Å². The number of thioether (sulfide) groups is 1.